The molecular formula is C26H41NO3. The van der Waals surface area contributed by atoms with Crippen LogP contribution in [0.5, 0.6) is 0 Å². The van der Waals surface area contributed by atoms with Crippen LogP contribution in [0.4, 0.5) is 5.69 Å². The van der Waals surface area contributed by atoms with Gasteiger partial charge in [0.1, 0.15) is 0 Å². The lowest BCUT2D eigenvalue weighted by atomic mass is 9.76. The summed E-state index contributed by atoms with van der Waals surface area (Å²) >= 11 is 0. The molecule has 4 nitrogen and oxygen atoms in total. The molecule has 2 N–H and O–H groups in total. The molecule has 0 saturated carbocycles. The van der Waals surface area contributed by atoms with Crippen molar-refractivity contribution in [1.82, 2.24) is 0 Å². The van der Waals surface area contributed by atoms with E-state index in [9.17, 15) is 0 Å². The van der Waals surface area contributed by atoms with Crippen LogP contribution < -0.4 is 5.73 Å². The van der Waals surface area contributed by atoms with Gasteiger partial charge < -0.3 is 19.9 Å². The van der Waals surface area contributed by atoms with E-state index in [1.165, 1.54) is 23.1 Å². The second-order valence-electron chi connectivity index (χ2n) is 10.0. The zero-order valence-electron chi connectivity index (χ0n) is 19.5. The molecule has 1 fully saturated rings. The van der Waals surface area contributed by atoms with Crippen LogP contribution in [0.3, 0.4) is 0 Å². The maximum absolute atomic E-state index is 6.44. The number of rotatable bonds is 10. The molecule has 0 unspecified atom stereocenters. The summed E-state index contributed by atoms with van der Waals surface area (Å²) in [6, 6.07) is 6.68. The highest BCUT2D eigenvalue weighted by atomic mass is 16.5. The zero-order chi connectivity index (χ0) is 21.6. The summed E-state index contributed by atoms with van der Waals surface area (Å²) in [7, 11) is 3.56. The Hall–Kier alpha value is -1.36. The van der Waals surface area contributed by atoms with Crippen molar-refractivity contribution in [3.63, 3.8) is 0 Å². The normalized spacial score (nSPS) is 24.6. The lowest BCUT2D eigenvalue weighted by molar-refractivity contribution is -0.0612. The highest BCUT2D eigenvalue weighted by Gasteiger charge is 2.38. The largest absolute Gasteiger partial charge is 0.398 e. The van der Waals surface area contributed by atoms with Gasteiger partial charge in [-0.1, -0.05) is 26.0 Å². The molecule has 4 heteroatoms. The van der Waals surface area contributed by atoms with E-state index in [2.05, 4.69) is 38.1 Å². The molecule has 1 aliphatic heterocycles. The summed E-state index contributed by atoms with van der Waals surface area (Å²) in [6.45, 7) is 6.99. The van der Waals surface area contributed by atoms with Gasteiger partial charge >= 0.3 is 0 Å². The molecule has 30 heavy (non-hydrogen) atoms. The van der Waals surface area contributed by atoms with Crippen LogP contribution in [0.1, 0.15) is 82.3 Å². The minimum atomic E-state index is -0.165. The van der Waals surface area contributed by atoms with Crippen molar-refractivity contribution in [2.75, 3.05) is 39.8 Å². The molecular weight excluding hydrogens is 374 g/mol. The van der Waals surface area contributed by atoms with Gasteiger partial charge in [0.15, 0.2) is 0 Å². The third-order valence-corrected chi connectivity index (χ3v) is 6.98. The maximum atomic E-state index is 6.44. The van der Waals surface area contributed by atoms with Gasteiger partial charge in [-0.3, -0.25) is 0 Å². The van der Waals surface area contributed by atoms with Crippen molar-refractivity contribution in [1.29, 1.82) is 0 Å². The zero-order valence-corrected chi connectivity index (χ0v) is 19.5. The van der Waals surface area contributed by atoms with Crippen LogP contribution in [0.2, 0.25) is 0 Å². The lowest BCUT2D eigenvalue weighted by Gasteiger charge is -2.33. The molecule has 0 amide bonds. The summed E-state index contributed by atoms with van der Waals surface area (Å²) in [4.78, 5) is 0. The summed E-state index contributed by atoms with van der Waals surface area (Å²) in [5.74, 6) is 0.411. The molecule has 1 heterocycles. The second kappa shape index (κ2) is 10.3. The Morgan fingerprint density at radius 3 is 2.63 bits per heavy atom. The maximum Gasteiger partial charge on any atom is 0.0921 e. The van der Waals surface area contributed by atoms with Crippen molar-refractivity contribution < 1.29 is 14.2 Å². The topological polar surface area (TPSA) is 53.7 Å². The van der Waals surface area contributed by atoms with E-state index in [4.69, 9.17) is 19.9 Å². The standard InChI is InChI=1S/C26H41NO3/c1-25(2)13-10-20(11-14-25)23-17-21(8-9-24(23)27)22(7-5-15-28-3)18-26(19-29-4)12-6-16-30-26/h8-10,17,22H,5-7,11-16,18-19,27H2,1-4H3/t22-,26-/m1/s1. The quantitative estimate of drug-likeness (QED) is 0.378. The van der Waals surface area contributed by atoms with Crippen LogP contribution in [0.15, 0.2) is 24.3 Å². The van der Waals surface area contributed by atoms with Gasteiger partial charge in [-0.25, -0.2) is 0 Å². The first-order chi connectivity index (χ1) is 14.4. The highest BCUT2D eigenvalue weighted by molar-refractivity contribution is 5.76. The first kappa shape index (κ1) is 23.3. The highest BCUT2D eigenvalue weighted by Crippen LogP contribution is 2.42. The van der Waals surface area contributed by atoms with Gasteiger partial charge in [-0.2, -0.15) is 0 Å². The molecule has 168 valence electrons. The fourth-order valence-corrected chi connectivity index (χ4v) is 5.09. The number of hydrogen-bond acceptors (Lipinski definition) is 4. The number of nitrogens with two attached hydrogens (primary N) is 1. The van der Waals surface area contributed by atoms with Crippen LogP contribution >= 0.6 is 0 Å². The third-order valence-electron chi connectivity index (χ3n) is 6.98. The van der Waals surface area contributed by atoms with Crippen LogP contribution in [-0.4, -0.2) is 39.6 Å². The fraction of sp³-hybridized carbons (Fsp3) is 0.692. The van der Waals surface area contributed by atoms with E-state index >= 15 is 0 Å². The predicted octanol–water partition coefficient (Wildman–Crippen LogP) is 5.96. The van der Waals surface area contributed by atoms with Crippen molar-refractivity contribution in [2.45, 2.75) is 76.7 Å². The third kappa shape index (κ3) is 5.87. The molecule has 0 spiro atoms. The molecule has 1 aromatic carbocycles. The Morgan fingerprint density at radius 1 is 1.17 bits per heavy atom. The summed E-state index contributed by atoms with van der Waals surface area (Å²) in [5, 5.41) is 0. The number of nitrogen functional groups attached to an aromatic ring is 1. The summed E-state index contributed by atoms with van der Waals surface area (Å²) in [6.07, 6.45) is 11.1. The Balaban J connectivity index is 1.86. The number of hydrogen-bond donors (Lipinski definition) is 1. The molecule has 0 radical (unpaired) electrons. The average Bonchev–Trinajstić information content (AvgIpc) is 3.17. The number of allylic oxidation sites excluding steroid dienone is 2. The molecule has 3 rings (SSSR count). The molecule has 1 aliphatic carbocycles. The van der Waals surface area contributed by atoms with Gasteiger partial charge in [-0.05, 0) is 86.0 Å². The van der Waals surface area contributed by atoms with Crippen LogP contribution in [-0.2, 0) is 14.2 Å². The van der Waals surface area contributed by atoms with Crippen molar-refractivity contribution >= 4 is 11.3 Å². The van der Waals surface area contributed by atoms with Crippen molar-refractivity contribution in [2.24, 2.45) is 5.41 Å². The van der Waals surface area contributed by atoms with E-state index in [1.54, 1.807) is 14.2 Å². The summed E-state index contributed by atoms with van der Waals surface area (Å²) < 4.78 is 17.2. The Morgan fingerprint density at radius 2 is 2.00 bits per heavy atom. The smallest absolute Gasteiger partial charge is 0.0921 e. The predicted molar refractivity (Wildman–Crippen MR) is 125 cm³/mol. The average molecular weight is 416 g/mol. The van der Waals surface area contributed by atoms with Gasteiger partial charge in [0.05, 0.1) is 12.2 Å². The molecule has 0 aromatic heterocycles. The van der Waals surface area contributed by atoms with Crippen molar-refractivity contribution in [3.05, 3.63) is 35.4 Å². The van der Waals surface area contributed by atoms with Gasteiger partial charge in [0.2, 0.25) is 0 Å². The minimum Gasteiger partial charge on any atom is -0.398 e. The minimum absolute atomic E-state index is 0.165. The Labute approximate surface area is 183 Å². The Bertz CT molecular complexity index is 719. The molecule has 0 bridgehead atoms. The van der Waals surface area contributed by atoms with Gasteiger partial charge in [-0.15, -0.1) is 0 Å². The Kier molecular flexibility index (Phi) is 8.00. The first-order valence-corrected chi connectivity index (χ1v) is 11.6. The fourth-order valence-electron chi connectivity index (χ4n) is 5.09. The second-order valence-corrected chi connectivity index (χ2v) is 10.0. The number of benzene rings is 1. The lowest BCUT2D eigenvalue weighted by Crippen LogP contribution is -2.35. The SMILES string of the molecule is COCCC[C@H](C[C@@]1(COC)CCCO1)c1ccc(N)c(C2=CCC(C)(C)CC2)c1. The number of anilines is 1. The number of methoxy groups -OCH3 is 2. The monoisotopic (exact) mass is 415 g/mol. The molecule has 1 aromatic rings. The van der Waals surface area contributed by atoms with Gasteiger partial charge in [0, 0.05) is 38.7 Å². The van der Waals surface area contributed by atoms with E-state index in [-0.39, 0.29) is 5.60 Å². The molecule has 2 atom stereocenters. The van der Waals surface area contributed by atoms with Crippen LogP contribution in [0, 0.1) is 5.41 Å². The van der Waals surface area contributed by atoms with E-state index in [0.29, 0.717) is 17.9 Å². The molecule has 2 aliphatic rings. The first-order valence-electron chi connectivity index (χ1n) is 11.6. The van der Waals surface area contributed by atoms with Crippen molar-refractivity contribution in [3.8, 4) is 0 Å². The molecule has 1 saturated heterocycles. The van der Waals surface area contributed by atoms with Crippen LogP contribution in [0.25, 0.3) is 5.57 Å². The van der Waals surface area contributed by atoms with E-state index in [1.807, 2.05) is 0 Å². The van der Waals surface area contributed by atoms with Gasteiger partial charge in [0.25, 0.3) is 0 Å². The summed E-state index contributed by atoms with van der Waals surface area (Å²) in [5.41, 5.74) is 11.6. The number of ether oxygens (including phenoxy) is 3. The van der Waals surface area contributed by atoms with E-state index in [0.717, 1.165) is 63.8 Å². The van der Waals surface area contributed by atoms with E-state index < -0.39 is 0 Å².